The molecular weight excluding hydrogens is 204 g/mol. The van der Waals surface area contributed by atoms with Crippen molar-refractivity contribution in [3.8, 4) is 0 Å². The summed E-state index contributed by atoms with van der Waals surface area (Å²) in [6.07, 6.45) is 0. The van der Waals surface area contributed by atoms with Crippen LogP contribution in [0.4, 0.5) is 0 Å². The molecule has 0 unspecified atom stereocenters. The highest BCUT2D eigenvalue weighted by atomic mass is 16.4. The van der Waals surface area contributed by atoms with Gasteiger partial charge in [-0.25, -0.2) is 4.79 Å². The maximum Gasteiger partial charge on any atom is 0.347 e. The lowest BCUT2D eigenvalue weighted by Crippen LogP contribution is -2.00. The number of aryl methyl sites for hydroxylation is 2. The van der Waals surface area contributed by atoms with Crippen molar-refractivity contribution in [2.45, 2.75) is 6.92 Å². The van der Waals surface area contributed by atoms with E-state index in [4.69, 9.17) is 4.42 Å². The predicted octanol–water partition coefficient (Wildman–Crippen LogP) is 1.99. The molecule has 0 fully saturated rings. The van der Waals surface area contributed by atoms with Gasteiger partial charge < -0.3 is 4.42 Å². The van der Waals surface area contributed by atoms with E-state index in [0.717, 1.165) is 11.1 Å². The minimum Gasteiger partial charge on any atom is -0.422 e. The van der Waals surface area contributed by atoms with Crippen LogP contribution in [-0.4, -0.2) is 9.78 Å². The molecule has 0 spiro atoms. The molecule has 0 atom stereocenters. The lowest BCUT2D eigenvalue weighted by Gasteiger charge is -1.95. The van der Waals surface area contributed by atoms with Gasteiger partial charge in [-0.15, -0.1) is 0 Å². The minimum atomic E-state index is -0.320. The Balaban J connectivity index is 2.70. The number of rotatable bonds is 0. The first-order valence-electron chi connectivity index (χ1n) is 5.03. The normalized spacial score (nSPS) is 11.4. The molecule has 3 aromatic rings. The van der Waals surface area contributed by atoms with Gasteiger partial charge in [0.2, 0.25) is 0 Å². The molecule has 0 aliphatic carbocycles. The fourth-order valence-corrected chi connectivity index (χ4v) is 1.94. The number of benzene rings is 1. The molecule has 3 rings (SSSR count). The third kappa shape index (κ3) is 1.04. The summed E-state index contributed by atoms with van der Waals surface area (Å²) in [7, 11) is 1.82. The van der Waals surface area contributed by atoms with E-state index in [-0.39, 0.29) is 5.63 Å². The zero-order valence-corrected chi connectivity index (χ0v) is 9.02. The summed E-state index contributed by atoms with van der Waals surface area (Å²) in [6.45, 7) is 1.86. The Labute approximate surface area is 91.1 Å². The molecule has 0 aliphatic heterocycles. The summed E-state index contributed by atoms with van der Waals surface area (Å²) in [5.41, 5.74) is 1.80. The van der Waals surface area contributed by atoms with Gasteiger partial charge in [-0.2, -0.15) is 5.10 Å². The van der Waals surface area contributed by atoms with Crippen molar-refractivity contribution in [2.75, 3.05) is 0 Å². The van der Waals surface area contributed by atoms with Gasteiger partial charge in [0.25, 0.3) is 0 Å². The molecule has 4 nitrogen and oxygen atoms in total. The largest absolute Gasteiger partial charge is 0.422 e. The van der Waals surface area contributed by atoms with E-state index >= 15 is 0 Å². The Bertz CT molecular complexity index is 753. The first-order chi connectivity index (χ1) is 7.68. The molecular formula is C12H10N2O2. The van der Waals surface area contributed by atoms with Crippen molar-refractivity contribution in [2.24, 2.45) is 7.05 Å². The van der Waals surface area contributed by atoms with Gasteiger partial charge in [0.05, 0.1) is 5.69 Å². The predicted molar refractivity (Wildman–Crippen MR) is 61.5 cm³/mol. The van der Waals surface area contributed by atoms with Crippen molar-refractivity contribution in [3.63, 3.8) is 0 Å². The molecule has 0 saturated carbocycles. The van der Waals surface area contributed by atoms with E-state index in [2.05, 4.69) is 5.10 Å². The lowest BCUT2D eigenvalue weighted by atomic mass is 10.2. The second-order valence-electron chi connectivity index (χ2n) is 3.82. The first-order valence-corrected chi connectivity index (χ1v) is 5.03. The number of aromatic nitrogens is 2. The van der Waals surface area contributed by atoms with Gasteiger partial charge in [0.15, 0.2) is 0 Å². The smallest absolute Gasteiger partial charge is 0.347 e. The van der Waals surface area contributed by atoms with Crippen LogP contribution in [0, 0.1) is 6.92 Å². The van der Waals surface area contributed by atoms with Gasteiger partial charge in [-0.1, -0.05) is 12.1 Å². The number of para-hydroxylation sites is 1. The van der Waals surface area contributed by atoms with E-state index in [1.54, 1.807) is 10.7 Å². The van der Waals surface area contributed by atoms with Gasteiger partial charge in [0, 0.05) is 12.4 Å². The number of nitrogens with zero attached hydrogens (tertiary/aromatic N) is 2. The molecule has 0 aliphatic rings. The van der Waals surface area contributed by atoms with Gasteiger partial charge in [-0.3, -0.25) is 4.68 Å². The van der Waals surface area contributed by atoms with Crippen LogP contribution in [0.1, 0.15) is 5.69 Å². The number of hydrogen-bond donors (Lipinski definition) is 0. The Hall–Kier alpha value is -2.10. The van der Waals surface area contributed by atoms with Crippen molar-refractivity contribution in [1.29, 1.82) is 0 Å². The fourth-order valence-electron chi connectivity index (χ4n) is 1.94. The molecule has 1 aromatic carbocycles. The lowest BCUT2D eigenvalue weighted by molar-refractivity contribution is 0.569. The Kier molecular flexibility index (Phi) is 1.68. The average Bonchev–Trinajstić information content (AvgIpc) is 2.57. The molecule has 0 amide bonds. The second-order valence-corrected chi connectivity index (χ2v) is 3.82. The van der Waals surface area contributed by atoms with Crippen LogP contribution >= 0.6 is 0 Å². The fraction of sp³-hybridized carbons (Fsp3) is 0.167. The Morgan fingerprint density at radius 3 is 2.88 bits per heavy atom. The molecule has 16 heavy (non-hydrogen) atoms. The summed E-state index contributed by atoms with van der Waals surface area (Å²) in [6, 6.07) is 7.44. The van der Waals surface area contributed by atoms with E-state index in [9.17, 15) is 4.79 Å². The van der Waals surface area contributed by atoms with Crippen LogP contribution in [0.5, 0.6) is 0 Å². The topological polar surface area (TPSA) is 48.0 Å². The Morgan fingerprint density at radius 2 is 2.06 bits per heavy atom. The van der Waals surface area contributed by atoms with E-state index in [0.29, 0.717) is 16.5 Å². The van der Waals surface area contributed by atoms with Crippen molar-refractivity contribution in [3.05, 3.63) is 40.4 Å². The monoisotopic (exact) mass is 214 g/mol. The summed E-state index contributed by atoms with van der Waals surface area (Å²) in [5, 5.41) is 5.80. The third-order valence-corrected chi connectivity index (χ3v) is 2.88. The summed E-state index contributed by atoms with van der Waals surface area (Å²) in [5.74, 6) is 0. The number of fused-ring (bicyclic) bond motifs is 3. The van der Waals surface area contributed by atoms with Gasteiger partial charge >= 0.3 is 5.63 Å². The molecule has 0 bridgehead atoms. The summed E-state index contributed by atoms with van der Waals surface area (Å²) >= 11 is 0. The standard InChI is InChI=1S/C12H10N2O2/c1-7-10-11(13-14(7)2)8-5-3-4-6-9(8)16-12(10)15/h3-6H,1-2H3. The van der Waals surface area contributed by atoms with Crippen LogP contribution in [-0.2, 0) is 7.05 Å². The molecule has 0 radical (unpaired) electrons. The third-order valence-electron chi connectivity index (χ3n) is 2.88. The van der Waals surface area contributed by atoms with Crippen LogP contribution in [0.25, 0.3) is 21.9 Å². The van der Waals surface area contributed by atoms with E-state index < -0.39 is 0 Å². The first kappa shape index (κ1) is 9.15. The Morgan fingerprint density at radius 1 is 1.31 bits per heavy atom. The summed E-state index contributed by atoms with van der Waals surface area (Å²) < 4.78 is 6.96. The van der Waals surface area contributed by atoms with E-state index in [1.807, 2.05) is 32.2 Å². The SMILES string of the molecule is Cc1c2c(=O)oc3ccccc3c2nn1C. The molecule has 80 valence electrons. The molecule has 2 aromatic heterocycles. The maximum atomic E-state index is 11.8. The van der Waals surface area contributed by atoms with E-state index in [1.165, 1.54) is 0 Å². The average molecular weight is 214 g/mol. The highest BCUT2D eigenvalue weighted by Crippen LogP contribution is 2.22. The zero-order chi connectivity index (χ0) is 11.3. The summed E-state index contributed by atoms with van der Waals surface area (Å²) in [4.78, 5) is 11.8. The molecule has 0 N–H and O–H groups in total. The van der Waals surface area contributed by atoms with Gasteiger partial charge in [0.1, 0.15) is 16.5 Å². The van der Waals surface area contributed by atoms with Gasteiger partial charge in [-0.05, 0) is 19.1 Å². The maximum absolute atomic E-state index is 11.8. The zero-order valence-electron chi connectivity index (χ0n) is 9.02. The molecule has 2 heterocycles. The van der Waals surface area contributed by atoms with Crippen LogP contribution in [0.2, 0.25) is 0 Å². The number of hydrogen-bond acceptors (Lipinski definition) is 3. The second kappa shape index (κ2) is 2.95. The van der Waals surface area contributed by atoms with Crippen molar-refractivity contribution >= 4 is 21.9 Å². The quantitative estimate of drug-likeness (QED) is 0.538. The minimum absolute atomic E-state index is 0.320. The molecule has 4 heteroatoms. The van der Waals surface area contributed by atoms with Crippen molar-refractivity contribution in [1.82, 2.24) is 9.78 Å². The highest BCUT2D eigenvalue weighted by molar-refractivity contribution is 6.02. The van der Waals surface area contributed by atoms with Crippen LogP contribution < -0.4 is 5.63 Å². The van der Waals surface area contributed by atoms with Crippen molar-refractivity contribution < 1.29 is 4.42 Å². The molecule has 0 saturated heterocycles. The highest BCUT2D eigenvalue weighted by Gasteiger charge is 2.13. The van der Waals surface area contributed by atoms with Crippen LogP contribution in [0.15, 0.2) is 33.5 Å². The van der Waals surface area contributed by atoms with Crippen LogP contribution in [0.3, 0.4) is 0 Å².